The second kappa shape index (κ2) is 4.23. The molecule has 3 aromatic heterocycles. The van der Waals surface area contributed by atoms with Crippen LogP contribution in [0.25, 0.3) is 5.52 Å². The largest absolute Gasteiger partial charge is 0.388 e. The van der Waals surface area contributed by atoms with Crippen molar-refractivity contribution in [3.8, 4) is 0 Å². The van der Waals surface area contributed by atoms with E-state index in [1.54, 1.807) is 40.2 Å². The van der Waals surface area contributed by atoms with Crippen LogP contribution in [0, 0.1) is 0 Å². The molecular weight excluding hydrogens is 230 g/mol. The molecule has 0 amide bonds. The van der Waals surface area contributed by atoms with Crippen molar-refractivity contribution in [3.05, 3.63) is 48.3 Å². The van der Waals surface area contributed by atoms with Crippen molar-refractivity contribution in [2.45, 2.75) is 12.5 Å². The highest BCUT2D eigenvalue weighted by molar-refractivity contribution is 5.52. The van der Waals surface area contributed by atoms with Crippen LogP contribution in [0.1, 0.15) is 17.2 Å². The van der Waals surface area contributed by atoms with Gasteiger partial charge in [0.2, 0.25) is 0 Å². The van der Waals surface area contributed by atoms with E-state index in [-0.39, 0.29) is 0 Å². The Kier molecular flexibility index (Phi) is 2.56. The predicted molar refractivity (Wildman–Crippen MR) is 64.9 cm³/mol. The van der Waals surface area contributed by atoms with Crippen LogP contribution in [-0.4, -0.2) is 29.5 Å². The quantitative estimate of drug-likeness (QED) is 0.736. The van der Waals surface area contributed by atoms with E-state index in [9.17, 15) is 5.11 Å². The van der Waals surface area contributed by atoms with Gasteiger partial charge in [0, 0.05) is 37.6 Å². The zero-order chi connectivity index (χ0) is 12.5. The first-order chi connectivity index (χ1) is 8.74. The second-order valence-corrected chi connectivity index (χ2v) is 4.25. The maximum Gasteiger partial charge on any atom is 0.0903 e. The smallest absolute Gasteiger partial charge is 0.0903 e. The molecule has 1 atom stereocenters. The van der Waals surface area contributed by atoms with Crippen LogP contribution >= 0.6 is 0 Å². The van der Waals surface area contributed by atoms with Crippen LogP contribution in [0.5, 0.6) is 0 Å². The summed E-state index contributed by atoms with van der Waals surface area (Å²) in [5, 5.41) is 18.5. The van der Waals surface area contributed by atoms with E-state index < -0.39 is 6.10 Å². The molecule has 0 fully saturated rings. The first kappa shape index (κ1) is 10.9. The van der Waals surface area contributed by atoms with Gasteiger partial charge in [-0.1, -0.05) is 0 Å². The molecule has 92 valence electrons. The number of fused-ring (bicyclic) bond motifs is 1. The maximum atomic E-state index is 10.3. The topological polar surface area (TPSA) is 68.2 Å². The molecular formula is C12H13N5O. The van der Waals surface area contributed by atoms with Gasteiger partial charge in [0.25, 0.3) is 0 Å². The lowest BCUT2D eigenvalue weighted by atomic mass is 10.1. The average Bonchev–Trinajstić information content (AvgIpc) is 2.95. The minimum absolute atomic E-state index is 0.518. The number of aliphatic hydroxyl groups is 1. The Morgan fingerprint density at radius 3 is 2.94 bits per heavy atom. The van der Waals surface area contributed by atoms with Gasteiger partial charge in [-0.05, 0) is 5.56 Å². The Morgan fingerprint density at radius 1 is 1.28 bits per heavy atom. The summed E-state index contributed by atoms with van der Waals surface area (Å²) < 4.78 is 3.43. The highest BCUT2D eigenvalue weighted by Crippen LogP contribution is 2.21. The lowest BCUT2D eigenvalue weighted by molar-refractivity contribution is 0.180. The van der Waals surface area contributed by atoms with Gasteiger partial charge in [-0.15, -0.1) is 0 Å². The summed E-state index contributed by atoms with van der Waals surface area (Å²) in [6.45, 7) is 0. The molecule has 0 aromatic carbocycles. The molecule has 6 nitrogen and oxygen atoms in total. The minimum atomic E-state index is -0.601. The molecule has 0 aliphatic rings. The molecule has 18 heavy (non-hydrogen) atoms. The molecule has 1 N–H and O–H groups in total. The molecule has 0 saturated heterocycles. The van der Waals surface area contributed by atoms with Crippen LogP contribution in [0.15, 0.2) is 37.2 Å². The summed E-state index contributed by atoms with van der Waals surface area (Å²) >= 11 is 0. The number of nitrogens with zero attached hydrogens (tertiary/aromatic N) is 5. The average molecular weight is 243 g/mol. The minimum Gasteiger partial charge on any atom is -0.388 e. The highest BCUT2D eigenvalue weighted by Gasteiger charge is 2.14. The predicted octanol–water partition coefficient (Wildman–Crippen LogP) is 0.739. The monoisotopic (exact) mass is 243 g/mol. The number of aryl methyl sites for hydroxylation is 1. The third-order valence-electron chi connectivity index (χ3n) is 2.90. The third kappa shape index (κ3) is 1.86. The Bertz CT molecular complexity index is 672. The van der Waals surface area contributed by atoms with Crippen molar-refractivity contribution in [2.75, 3.05) is 0 Å². The second-order valence-electron chi connectivity index (χ2n) is 4.25. The number of hydrogen-bond acceptors (Lipinski definition) is 4. The molecule has 3 heterocycles. The zero-order valence-electron chi connectivity index (χ0n) is 9.93. The molecule has 3 rings (SSSR count). The lowest BCUT2D eigenvalue weighted by Gasteiger charge is -2.07. The Balaban J connectivity index is 1.90. The van der Waals surface area contributed by atoms with Gasteiger partial charge in [-0.25, -0.2) is 4.52 Å². The summed E-state index contributed by atoms with van der Waals surface area (Å²) in [6, 6.07) is 0. The Morgan fingerprint density at radius 2 is 2.17 bits per heavy atom. The fourth-order valence-electron chi connectivity index (χ4n) is 2.02. The summed E-state index contributed by atoms with van der Waals surface area (Å²) in [4.78, 5) is 4.05. The van der Waals surface area contributed by atoms with Crippen molar-refractivity contribution in [1.29, 1.82) is 0 Å². The van der Waals surface area contributed by atoms with Crippen LogP contribution in [-0.2, 0) is 13.5 Å². The fourth-order valence-corrected chi connectivity index (χ4v) is 2.02. The zero-order valence-corrected chi connectivity index (χ0v) is 9.93. The lowest BCUT2D eigenvalue weighted by Crippen LogP contribution is -2.01. The highest BCUT2D eigenvalue weighted by atomic mass is 16.3. The van der Waals surface area contributed by atoms with Gasteiger partial charge >= 0.3 is 0 Å². The van der Waals surface area contributed by atoms with Crippen molar-refractivity contribution in [1.82, 2.24) is 24.4 Å². The number of hydrogen-bond donors (Lipinski definition) is 1. The third-order valence-corrected chi connectivity index (χ3v) is 2.90. The molecule has 0 aliphatic carbocycles. The molecule has 1 unspecified atom stereocenters. The molecule has 0 radical (unpaired) electrons. The summed E-state index contributed by atoms with van der Waals surface area (Å²) in [5.74, 6) is 0. The van der Waals surface area contributed by atoms with E-state index in [0.29, 0.717) is 6.42 Å². The van der Waals surface area contributed by atoms with Gasteiger partial charge in [-0.3, -0.25) is 9.67 Å². The van der Waals surface area contributed by atoms with Crippen LogP contribution in [0.3, 0.4) is 0 Å². The van der Waals surface area contributed by atoms with E-state index in [1.165, 1.54) is 0 Å². The molecule has 0 aliphatic heterocycles. The molecule has 0 spiro atoms. The van der Waals surface area contributed by atoms with Crippen LogP contribution < -0.4 is 0 Å². The first-order valence-corrected chi connectivity index (χ1v) is 5.67. The molecule has 3 aromatic rings. The summed E-state index contributed by atoms with van der Waals surface area (Å²) in [6.07, 6.45) is 10.4. The van der Waals surface area contributed by atoms with Crippen molar-refractivity contribution in [3.63, 3.8) is 0 Å². The van der Waals surface area contributed by atoms with E-state index in [2.05, 4.69) is 15.2 Å². The summed E-state index contributed by atoms with van der Waals surface area (Å²) in [7, 11) is 1.86. The van der Waals surface area contributed by atoms with Gasteiger partial charge in [0.15, 0.2) is 0 Å². The van der Waals surface area contributed by atoms with Gasteiger partial charge < -0.3 is 5.11 Å². The van der Waals surface area contributed by atoms with Gasteiger partial charge in [-0.2, -0.15) is 10.2 Å². The first-order valence-electron chi connectivity index (χ1n) is 5.67. The van der Waals surface area contributed by atoms with E-state index in [1.807, 2.05) is 13.2 Å². The fraction of sp³-hybridized carbons (Fsp3) is 0.250. The van der Waals surface area contributed by atoms with E-state index >= 15 is 0 Å². The Hall–Kier alpha value is -2.21. The van der Waals surface area contributed by atoms with E-state index in [0.717, 1.165) is 16.6 Å². The van der Waals surface area contributed by atoms with Crippen molar-refractivity contribution >= 4 is 5.52 Å². The number of aromatic nitrogens is 5. The van der Waals surface area contributed by atoms with Crippen LogP contribution in [0.4, 0.5) is 0 Å². The maximum absolute atomic E-state index is 10.3. The normalized spacial score (nSPS) is 13.0. The number of rotatable bonds is 3. The van der Waals surface area contributed by atoms with Gasteiger partial charge in [0.05, 0.1) is 30.2 Å². The van der Waals surface area contributed by atoms with Gasteiger partial charge in [0.1, 0.15) is 0 Å². The molecule has 6 heteroatoms. The van der Waals surface area contributed by atoms with Crippen molar-refractivity contribution in [2.24, 2.45) is 7.05 Å². The molecule has 0 saturated carbocycles. The van der Waals surface area contributed by atoms with E-state index in [4.69, 9.17) is 0 Å². The summed E-state index contributed by atoms with van der Waals surface area (Å²) in [5.41, 5.74) is 2.61. The van der Waals surface area contributed by atoms with Crippen LogP contribution in [0.2, 0.25) is 0 Å². The SMILES string of the molecule is Cn1cc(CC(O)c2cnn3ccncc23)cn1. The number of aliphatic hydroxyl groups excluding tert-OH is 1. The Labute approximate surface area is 104 Å². The standard InChI is InChI=1S/C12H13N5O/c1-16-8-9(5-14-16)4-12(18)10-6-15-17-3-2-13-7-11(10)17/h2-3,5-8,12,18H,4H2,1H3. The van der Waals surface area contributed by atoms with Crippen molar-refractivity contribution < 1.29 is 5.11 Å². The molecule has 0 bridgehead atoms.